The molecular weight excluding hydrogens is 380 g/mol. The van der Waals surface area contributed by atoms with Gasteiger partial charge in [-0.05, 0) is 44.0 Å². The SMILES string of the molecule is CC(=O)c1cccc(OCC(=O)NCc2ccccc2CN2CC(C)OC(C)C2)c1. The lowest BCUT2D eigenvalue weighted by Gasteiger charge is -2.35. The first-order chi connectivity index (χ1) is 14.4. The Labute approximate surface area is 178 Å². The van der Waals surface area contributed by atoms with Crippen molar-refractivity contribution in [1.29, 1.82) is 0 Å². The highest BCUT2D eigenvalue weighted by molar-refractivity contribution is 5.94. The predicted octanol–water partition coefficient (Wildman–Crippen LogP) is 3.19. The topological polar surface area (TPSA) is 67.9 Å². The van der Waals surface area contributed by atoms with Crippen molar-refractivity contribution in [3.05, 3.63) is 65.2 Å². The molecule has 30 heavy (non-hydrogen) atoms. The lowest BCUT2D eigenvalue weighted by atomic mass is 10.1. The number of ketones is 1. The Morgan fingerprint density at radius 1 is 1.07 bits per heavy atom. The van der Waals surface area contributed by atoms with Crippen LogP contribution in [0.25, 0.3) is 0 Å². The Morgan fingerprint density at radius 2 is 1.77 bits per heavy atom. The smallest absolute Gasteiger partial charge is 0.258 e. The molecule has 1 saturated heterocycles. The van der Waals surface area contributed by atoms with Gasteiger partial charge in [-0.25, -0.2) is 0 Å². The molecule has 0 aromatic heterocycles. The fraction of sp³-hybridized carbons (Fsp3) is 0.417. The van der Waals surface area contributed by atoms with Crippen LogP contribution in [-0.4, -0.2) is 48.5 Å². The molecule has 3 rings (SSSR count). The maximum Gasteiger partial charge on any atom is 0.258 e. The second kappa shape index (κ2) is 10.4. The molecule has 2 atom stereocenters. The first kappa shape index (κ1) is 22.0. The van der Waals surface area contributed by atoms with Crippen LogP contribution < -0.4 is 10.1 Å². The summed E-state index contributed by atoms with van der Waals surface area (Å²) in [6, 6.07) is 15.0. The van der Waals surface area contributed by atoms with Crippen LogP contribution in [0.15, 0.2) is 48.5 Å². The van der Waals surface area contributed by atoms with E-state index in [0.29, 0.717) is 17.9 Å². The molecule has 2 aromatic rings. The highest BCUT2D eigenvalue weighted by Gasteiger charge is 2.22. The number of ether oxygens (including phenoxy) is 2. The molecule has 160 valence electrons. The van der Waals surface area contributed by atoms with Gasteiger partial charge in [0.2, 0.25) is 0 Å². The van der Waals surface area contributed by atoms with Crippen molar-refractivity contribution in [3.63, 3.8) is 0 Å². The van der Waals surface area contributed by atoms with Crippen molar-refractivity contribution in [2.75, 3.05) is 19.7 Å². The van der Waals surface area contributed by atoms with Crippen molar-refractivity contribution in [2.24, 2.45) is 0 Å². The minimum atomic E-state index is -0.202. The summed E-state index contributed by atoms with van der Waals surface area (Å²) >= 11 is 0. The molecule has 0 radical (unpaired) electrons. The monoisotopic (exact) mass is 410 g/mol. The summed E-state index contributed by atoms with van der Waals surface area (Å²) in [4.78, 5) is 26.1. The van der Waals surface area contributed by atoms with Crippen LogP contribution in [0.4, 0.5) is 0 Å². The third-order valence-corrected chi connectivity index (χ3v) is 5.09. The Hall–Kier alpha value is -2.70. The molecule has 6 nitrogen and oxygen atoms in total. The molecule has 0 spiro atoms. The number of nitrogens with zero attached hydrogens (tertiary/aromatic N) is 1. The second-order valence-electron chi connectivity index (χ2n) is 7.87. The molecule has 0 aliphatic carbocycles. The van der Waals surface area contributed by atoms with Gasteiger partial charge < -0.3 is 14.8 Å². The van der Waals surface area contributed by atoms with Crippen molar-refractivity contribution in [3.8, 4) is 5.75 Å². The van der Waals surface area contributed by atoms with Crippen LogP contribution in [-0.2, 0) is 22.6 Å². The molecule has 1 heterocycles. The molecular formula is C24H30N2O4. The number of Topliss-reactive ketones (excluding diaryl/α,β-unsaturated/α-hetero) is 1. The molecule has 2 unspecified atom stereocenters. The standard InChI is InChI=1S/C24H30N2O4/c1-17-13-26(14-18(2)30-17)15-22-8-5-4-7-21(22)12-25-24(28)16-29-23-10-6-9-20(11-23)19(3)27/h4-11,17-18H,12-16H2,1-3H3,(H,25,28). The first-order valence-electron chi connectivity index (χ1n) is 10.4. The average Bonchev–Trinajstić information content (AvgIpc) is 2.71. The number of amides is 1. The van der Waals surface area contributed by atoms with Gasteiger partial charge in [0.15, 0.2) is 12.4 Å². The highest BCUT2D eigenvalue weighted by atomic mass is 16.5. The zero-order valence-corrected chi connectivity index (χ0v) is 17.9. The molecule has 0 bridgehead atoms. The van der Waals surface area contributed by atoms with E-state index in [1.54, 1.807) is 24.3 Å². The number of benzene rings is 2. The van der Waals surface area contributed by atoms with E-state index in [2.05, 4.69) is 30.1 Å². The van der Waals surface area contributed by atoms with E-state index in [1.807, 2.05) is 18.2 Å². The lowest BCUT2D eigenvalue weighted by Crippen LogP contribution is -2.45. The summed E-state index contributed by atoms with van der Waals surface area (Å²) in [6.07, 6.45) is 0.443. The Bertz CT molecular complexity index is 873. The molecule has 1 N–H and O–H groups in total. The summed E-state index contributed by atoms with van der Waals surface area (Å²) in [6.45, 7) is 8.68. The normalized spacial score (nSPS) is 19.3. The molecule has 1 fully saturated rings. The Morgan fingerprint density at radius 3 is 2.47 bits per heavy atom. The number of rotatable bonds is 8. The minimum absolute atomic E-state index is 0.0365. The minimum Gasteiger partial charge on any atom is -0.484 e. The van der Waals surface area contributed by atoms with Crippen LogP contribution in [0.5, 0.6) is 5.75 Å². The quantitative estimate of drug-likeness (QED) is 0.677. The summed E-state index contributed by atoms with van der Waals surface area (Å²) < 4.78 is 11.4. The number of hydrogen-bond acceptors (Lipinski definition) is 5. The van der Waals surface area contributed by atoms with Crippen molar-refractivity contribution in [2.45, 2.75) is 46.1 Å². The zero-order chi connectivity index (χ0) is 21.5. The third kappa shape index (κ3) is 6.40. The summed E-state index contributed by atoms with van der Waals surface area (Å²) in [7, 11) is 0. The van der Waals surface area contributed by atoms with Gasteiger partial charge in [-0.3, -0.25) is 14.5 Å². The Balaban J connectivity index is 1.52. The molecule has 1 amide bonds. The van der Waals surface area contributed by atoms with Crippen LogP contribution in [0.2, 0.25) is 0 Å². The summed E-state index contributed by atoms with van der Waals surface area (Å²) in [5.41, 5.74) is 2.86. The third-order valence-electron chi connectivity index (χ3n) is 5.09. The van der Waals surface area contributed by atoms with E-state index in [-0.39, 0.29) is 30.5 Å². The van der Waals surface area contributed by atoms with Gasteiger partial charge in [0.25, 0.3) is 5.91 Å². The van der Waals surface area contributed by atoms with Gasteiger partial charge in [-0.1, -0.05) is 36.4 Å². The van der Waals surface area contributed by atoms with Crippen molar-refractivity contribution < 1.29 is 19.1 Å². The zero-order valence-electron chi connectivity index (χ0n) is 17.9. The maximum absolute atomic E-state index is 12.3. The number of carbonyl (C=O) groups excluding carboxylic acids is 2. The van der Waals surface area contributed by atoms with Gasteiger partial charge in [0, 0.05) is 31.7 Å². The second-order valence-corrected chi connectivity index (χ2v) is 7.87. The van der Waals surface area contributed by atoms with E-state index >= 15 is 0 Å². The van der Waals surface area contributed by atoms with Gasteiger partial charge >= 0.3 is 0 Å². The van der Waals surface area contributed by atoms with Gasteiger partial charge in [0.05, 0.1) is 12.2 Å². The fourth-order valence-electron chi connectivity index (χ4n) is 3.74. The number of morpholine rings is 1. The first-order valence-corrected chi connectivity index (χ1v) is 10.4. The Kier molecular flexibility index (Phi) is 7.60. The summed E-state index contributed by atoms with van der Waals surface area (Å²) in [5.74, 6) is 0.269. The molecule has 6 heteroatoms. The average molecular weight is 411 g/mol. The lowest BCUT2D eigenvalue weighted by molar-refractivity contribution is -0.123. The van der Waals surface area contributed by atoms with Crippen LogP contribution in [0.1, 0.15) is 42.3 Å². The molecule has 0 saturated carbocycles. The van der Waals surface area contributed by atoms with Crippen LogP contribution in [0, 0.1) is 0 Å². The van der Waals surface area contributed by atoms with Crippen LogP contribution in [0.3, 0.4) is 0 Å². The maximum atomic E-state index is 12.3. The van der Waals surface area contributed by atoms with E-state index < -0.39 is 0 Å². The van der Waals surface area contributed by atoms with Gasteiger partial charge in [0.1, 0.15) is 5.75 Å². The van der Waals surface area contributed by atoms with Crippen molar-refractivity contribution >= 4 is 11.7 Å². The largest absolute Gasteiger partial charge is 0.484 e. The van der Waals surface area contributed by atoms with E-state index in [9.17, 15) is 9.59 Å². The fourth-order valence-corrected chi connectivity index (χ4v) is 3.74. The van der Waals surface area contributed by atoms with Crippen molar-refractivity contribution in [1.82, 2.24) is 10.2 Å². The van der Waals surface area contributed by atoms with Crippen LogP contribution >= 0.6 is 0 Å². The summed E-state index contributed by atoms with van der Waals surface area (Å²) in [5, 5.41) is 2.93. The van der Waals surface area contributed by atoms with Gasteiger partial charge in [-0.2, -0.15) is 0 Å². The number of hydrogen-bond donors (Lipinski definition) is 1. The molecule has 1 aliphatic heterocycles. The highest BCUT2D eigenvalue weighted by Crippen LogP contribution is 2.17. The van der Waals surface area contributed by atoms with E-state index in [4.69, 9.17) is 9.47 Å². The number of carbonyl (C=O) groups is 2. The number of nitrogens with one attached hydrogen (secondary N) is 1. The van der Waals surface area contributed by atoms with Gasteiger partial charge in [-0.15, -0.1) is 0 Å². The molecule has 1 aliphatic rings. The van der Waals surface area contributed by atoms with E-state index in [1.165, 1.54) is 12.5 Å². The molecule has 2 aromatic carbocycles. The predicted molar refractivity (Wildman–Crippen MR) is 116 cm³/mol. The van der Waals surface area contributed by atoms with E-state index in [0.717, 1.165) is 25.2 Å².